The van der Waals surface area contributed by atoms with Gasteiger partial charge in [0, 0.05) is 24.9 Å². The molecule has 0 amide bonds. The molecule has 0 spiro atoms. The molecule has 5 heteroatoms. The lowest BCUT2D eigenvalue weighted by atomic mass is 10.1. The van der Waals surface area contributed by atoms with Crippen molar-refractivity contribution < 1.29 is 0 Å². The van der Waals surface area contributed by atoms with Gasteiger partial charge in [0.05, 0.1) is 15.6 Å². The number of halogens is 2. The molecular weight excluding hydrogens is 314 g/mol. The van der Waals surface area contributed by atoms with E-state index in [-0.39, 0.29) is 0 Å². The number of hydrogen-bond donors (Lipinski definition) is 1. The van der Waals surface area contributed by atoms with Gasteiger partial charge in [0.1, 0.15) is 5.82 Å². The summed E-state index contributed by atoms with van der Waals surface area (Å²) in [5.41, 5.74) is 1.26. The van der Waals surface area contributed by atoms with Gasteiger partial charge in [0.2, 0.25) is 0 Å². The zero-order valence-corrected chi connectivity index (χ0v) is 12.1. The number of hydrogen-bond acceptors (Lipinski definition) is 3. The minimum atomic E-state index is 0.578. The van der Waals surface area contributed by atoms with E-state index >= 15 is 0 Å². The van der Waals surface area contributed by atoms with Crippen molar-refractivity contribution in [2.45, 2.75) is 19.3 Å². The zero-order chi connectivity index (χ0) is 13.0. The molecule has 1 aliphatic rings. The quantitative estimate of drug-likeness (QED) is 0.848. The summed E-state index contributed by atoms with van der Waals surface area (Å²) in [7, 11) is 0. The van der Waals surface area contributed by atoms with Gasteiger partial charge in [-0.1, -0.05) is 17.2 Å². The third-order valence-electron chi connectivity index (χ3n) is 3.07. The number of nitrogens with zero attached hydrogens (tertiary/aromatic N) is 2. The second-order valence-corrected chi connectivity index (χ2v) is 5.67. The first-order valence-corrected chi connectivity index (χ1v) is 6.98. The topological polar surface area (TPSA) is 48.7 Å². The summed E-state index contributed by atoms with van der Waals surface area (Å²) in [4.78, 5) is 4.25. The van der Waals surface area contributed by atoms with Crippen LogP contribution in [0.25, 0.3) is 0 Å². The number of pyridine rings is 1. The van der Waals surface area contributed by atoms with E-state index < -0.39 is 0 Å². The Morgan fingerprint density at radius 2 is 2.50 bits per heavy atom. The Labute approximate surface area is 120 Å². The van der Waals surface area contributed by atoms with Gasteiger partial charge in [-0.3, -0.25) is 0 Å². The maximum Gasteiger partial charge on any atom is 0.127 e. The number of anilines is 1. The third kappa shape index (κ3) is 3.47. The smallest absolute Gasteiger partial charge is 0.127 e. The molecular formula is C13H13BrClN3. The summed E-state index contributed by atoms with van der Waals surface area (Å²) < 4.78 is 0.801. The Morgan fingerprint density at radius 3 is 3.22 bits per heavy atom. The van der Waals surface area contributed by atoms with E-state index in [1.54, 1.807) is 12.3 Å². The average molecular weight is 327 g/mol. The van der Waals surface area contributed by atoms with Gasteiger partial charge in [0.25, 0.3) is 0 Å². The fraction of sp³-hybridized carbons (Fsp3) is 0.385. The summed E-state index contributed by atoms with van der Waals surface area (Å²) in [5.74, 6) is 1.37. The van der Waals surface area contributed by atoms with Crippen LogP contribution in [0.3, 0.4) is 0 Å². The first kappa shape index (κ1) is 13.4. The van der Waals surface area contributed by atoms with Crippen LogP contribution in [-0.4, -0.2) is 11.5 Å². The minimum Gasteiger partial charge on any atom is -0.370 e. The fourth-order valence-electron chi connectivity index (χ4n) is 2.12. The highest BCUT2D eigenvalue weighted by Crippen LogP contribution is 2.30. The lowest BCUT2D eigenvalue weighted by Gasteiger charge is -2.11. The summed E-state index contributed by atoms with van der Waals surface area (Å²) in [6, 6.07) is 3.91. The molecule has 1 aromatic heterocycles. The zero-order valence-electron chi connectivity index (χ0n) is 9.79. The maximum absolute atomic E-state index is 8.61. The van der Waals surface area contributed by atoms with Crippen LogP contribution in [-0.2, 0) is 0 Å². The number of allylic oxidation sites excluding steroid dienone is 2. The van der Waals surface area contributed by atoms with Gasteiger partial charge < -0.3 is 5.32 Å². The fourth-order valence-corrected chi connectivity index (χ4v) is 2.49. The van der Waals surface area contributed by atoms with E-state index in [4.69, 9.17) is 16.9 Å². The van der Waals surface area contributed by atoms with Crippen LogP contribution >= 0.6 is 27.5 Å². The van der Waals surface area contributed by atoms with E-state index in [0.717, 1.165) is 36.1 Å². The molecule has 0 radical (unpaired) electrons. The predicted octanol–water partition coefficient (Wildman–Crippen LogP) is 4.16. The van der Waals surface area contributed by atoms with Crippen molar-refractivity contribution in [1.82, 2.24) is 4.98 Å². The average Bonchev–Trinajstić information content (AvgIpc) is 2.79. The Balaban J connectivity index is 1.87. The molecule has 18 heavy (non-hydrogen) atoms. The molecule has 0 aliphatic heterocycles. The van der Waals surface area contributed by atoms with Crippen molar-refractivity contribution in [1.29, 1.82) is 5.26 Å². The monoisotopic (exact) mass is 325 g/mol. The van der Waals surface area contributed by atoms with Crippen molar-refractivity contribution in [3.63, 3.8) is 0 Å². The predicted molar refractivity (Wildman–Crippen MR) is 76.5 cm³/mol. The molecule has 94 valence electrons. The minimum absolute atomic E-state index is 0.578. The second-order valence-electron chi connectivity index (χ2n) is 4.41. The molecule has 1 atom stereocenters. The largest absolute Gasteiger partial charge is 0.370 e. The Morgan fingerprint density at radius 1 is 1.67 bits per heavy atom. The van der Waals surface area contributed by atoms with Gasteiger partial charge in [0.15, 0.2) is 0 Å². The molecule has 1 fully saturated rings. The molecule has 1 heterocycles. The Bertz CT molecular complexity index is 507. The van der Waals surface area contributed by atoms with Gasteiger partial charge in [-0.05, 0) is 41.1 Å². The first-order chi connectivity index (χ1) is 8.69. The molecule has 1 N–H and O–H groups in total. The van der Waals surface area contributed by atoms with Crippen molar-refractivity contribution >= 4 is 33.3 Å². The van der Waals surface area contributed by atoms with Crippen molar-refractivity contribution in [2.24, 2.45) is 5.92 Å². The molecule has 0 bridgehead atoms. The maximum atomic E-state index is 8.61. The molecule has 0 saturated heterocycles. The van der Waals surface area contributed by atoms with Crippen LogP contribution in [0.1, 0.15) is 19.3 Å². The third-order valence-corrected chi connectivity index (χ3v) is 4.25. The highest BCUT2D eigenvalue weighted by Gasteiger charge is 2.19. The van der Waals surface area contributed by atoms with E-state index in [1.165, 1.54) is 5.57 Å². The van der Waals surface area contributed by atoms with Crippen LogP contribution < -0.4 is 5.32 Å². The van der Waals surface area contributed by atoms with Gasteiger partial charge in [-0.2, -0.15) is 5.26 Å². The Hall–Kier alpha value is -1.05. The van der Waals surface area contributed by atoms with Crippen molar-refractivity contribution in [3.05, 3.63) is 33.4 Å². The first-order valence-electron chi connectivity index (χ1n) is 5.81. The highest BCUT2D eigenvalue weighted by molar-refractivity contribution is 9.10. The van der Waals surface area contributed by atoms with E-state index in [1.807, 2.05) is 6.07 Å². The molecule has 1 aromatic rings. The number of nitrogens with one attached hydrogen (secondary N) is 1. The van der Waals surface area contributed by atoms with Crippen molar-refractivity contribution in [3.8, 4) is 6.07 Å². The molecule has 3 nitrogen and oxygen atoms in total. The SMILES string of the molecule is N#C/C=C1\CCC(CNc2cc(Cl)c(Br)cn2)C1. The summed E-state index contributed by atoms with van der Waals surface area (Å²) in [6.07, 6.45) is 6.54. The lowest BCUT2D eigenvalue weighted by Crippen LogP contribution is -2.11. The second kappa shape index (κ2) is 6.21. The van der Waals surface area contributed by atoms with Crippen LogP contribution in [0.4, 0.5) is 5.82 Å². The Kier molecular flexibility index (Phi) is 4.62. The van der Waals surface area contributed by atoms with Crippen LogP contribution in [0.15, 0.2) is 28.4 Å². The van der Waals surface area contributed by atoms with Crippen LogP contribution in [0.5, 0.6) is 0 Å². The summed E-state index contributed by atoms with van der Waals surface area (Å²) in [6.45, 7) is 0.869. The molecule has 1 aliphatic carbocycles. The van der Waals surface area contributed by atoms with Gasteiger partial charge in [-0.15, -0.1) is 0 Å². The van der Waals surface area contributed by atoms with Gasteiger partial charge in [-0.25, -0.2) is 4.98 Å². The molecule has 2 rings (SSSR count). The van der Waals surface area contributed by atoms with Gasteiger partial charge >= 0.3 is 0 Å². The normalized spacial score (nSPS) is 20.9. The van der Waals surface area contributed by atoms with Crippen LogP contribution in [0, 0.1) is 17.2 Å². The highest BCUT2D eigenvalue weighted by atomic mass is 79.9. The standard InChI is InChI=1S/C13H13BrClN3/c14-11-8-18-13(6-12(11)15)17-7-10-2-1-9(5-10)3-4-16/h3,6,8,10H,1-2,5,7H2,(H,17,18)/b9-3+. The van der Waals surface area contributed by atoms with E-state index in [9.17, 15) is 0 Å². The summed E-state index contributed by atoms with van der Waals surface area (Å²) >= 11 is 9.31. The number of aromatic nitrogens is 1. The van der Waals surface area contributed by atoms with E-state index in [2.05, 4.69) is 32.3 Å². The van der Waals surface area contributed by atoms with Crippen molar-refractivity contribution in [2.75, 3.05) is 11.9 Å². The lowest BCUT2D eigenvalue weighted by molar-refractivity contribution is 0.586. The number of nitriles is 1. The molecule has 0 aromatic carbocycles. The summed E-state index contributed by atoms with van der Waals surface area (Å²) in [5, 5.41) is 12.6. The molecule has 1 saturated carbocycles. The van der Waals surface area contributed by atoms with E-state index in [0.29, 0.717) is 10.9 Å². The number of rotatable bonds is 3. The molecule has 1 unspecified atom stereocenters. The van der Waals surface area contributed by atoms with Crippen LogP contribution in [0.2, 0.25) is 5.02 Å².